The zero-order chi connectivity index (χ0) is 18.0. The van der Waals surface area contributed by atoms with Gasteiger partial charge in [-0.1, -0.05) is 30.3 Å². The molecule has 3 heterocycles. The maximum Gasteiger partial charge on any atom is 0.316 e. The van der Waals surface area contributed by atoms with Crippen molar-refractivity contribution in [3.05, 3.63) is 54.4 Å². The van der Waals surface area contributed by atoms with Gasteiger partial charge in [-0.3, -0.25) is 4.79 Å². The minimum absolute atomic E-state index is 0.158. The first-order chi connectivity index (χ1) is 12.7. The van der Waals surface area contributed by atoms with Crippen molar-refractivity contribution < 1.29 is 19.4 Å². The maximum atomic E-state index is 12.4. The fraction of sp³-hybridized carbons (Fsp3) is 0.421. The molecular weight excluding hydrogens is 334 g/mol. The van der Waals surface area contributed by atoms with E-state index >= 15 is 0 Å². The van der Waals surface area contributed by atoms with Crippen molar-refractivity contribution in [2.75, 3.05) is 26.3 Å². The van der Waals surface area contributed by atoms with E-state index in [2.05, 4.69) is 22.1 Å². The van der Waals surface area contributed by atoms with Gasteiger partial charge >= 0.3 is 6.01 Å². The standard InChI is InChI=1S/C19H21N3O4/c23-16-10-22(17(24)12-25-18-20-7-4-8-21-18)13-19(16)9-15(11-26-19)14-5-2-1-3-6-14/h1-8,15-16,23H,9-13H2/t15-,16-,19-/m1/s1. The second kappa shape index (κ2) is 7.01. The Morgan fingerprint density at radius 1 is 1.27 bits per heavy atom. The quantitative estimate of drug-likeness (QED) is 0.881. The van der Waals surface area contributed by atoms with Crippen LogP contribution in [0.4, 0.5) is 0 Å². The zero-order valence-corrected chi connectivity index (χ0v) is 14.3. The summed E-state index contributed by atoms with van der Waals surface area (Å²) in [6, 6.07) is 12.0. The van der Waals surface area contributed by atoms with Crippen molar-refractivity contribution in [1.82, 2.24) is 14.9 Å². The number of hydrogen-bond acceptors (Lipinski definition) is 6. The summed E-state index contributed by atoms with van der Waals surface area (Å²) in [5.41, 5.74) is 0.505. The van der Waals surface area contributed by atoms with E-state index < -0.39 is 11.7 Å². The van der Waals surface area contributed by atoms with Gasteiger partial charge in [-0.2, -0.15) is 0 Å². The molecule has 26 heavy (non-hydrogen) atoms. The molecule has 7 heteroatoms. The Balaban J connectivity index is 1.37. The van der Waals surface area contributed by atoms with Crippen molar-refractivity contribution in [3.8, 4) is 6.01 Å². The molecule has 4 rings (SSSR count). The van der Waals surface area contributed by atoms with E-state index in [0.29, 0.717) is 19.6 Å². The molecule has 136 valence electrons. The Labute approximate surface area is 151 Å². The SMILES string of the molecule is O=C(COc1ncccn1)N1C[C@@H](O)[C@@]2(C[C@@H](c3ccccc3)CO2)C1. The van der Waals surface area contributed by atoms with E-state index in [0.717, 1.165) is 0 Å². The highest BCUT2D eigenvalue weighted by atomic mass is 16.5. The highest BCUT2D eigenvalue weighted by molar-refractivity contribution is 5.78. The molecule has 2 aromatic rings. The van der Waals surface area contributed by atoms with Crippen LogP contribution in [0, 0.1) is 0 Å². The van der Waals surface area contributed by atoms with Crippen molar-refractivity contribution in [2.45, 2.75) is 24.0 Å². The molecule has 0 unspecified atom stereocenters. The summed E-state index contributed by atoms with van der Waals surface area (Å²) in [4.78, 5) is 21.9. The van der Waals surface area contributed by atoms with Crippen molar-refractivity contribution in [3.63, 3.8) is 0 Å². The molecule has 0 aliphatic carbocycles. The van der Waals surface area contributed by atoms with Gasteiger partial charge in [0.2, 0.25) is 0 Å². The van der Waals surface area contributed by atoms with E-state index in [9.17, 15) is 9.90 Å². The van der Waals surface area contributed by atoms with Gasteiger partial charge in [0.1, 0.15) is 11.7 Å². The first-order valence-electron chi connectivity index (χ1n) is 8.71. The fourth-order valence-corrected chi connectivity index (χ4v) is 3.72. The highest BCUT2D eigenvalue weighted by Gasteiger charge is 2.53. The number of aromatic nitrogens is 2. The number of rotatable bonds is 4. The molecule has 1 N–H and O–H groups in total. The number of β-amino-alcohol motifs (C(OH)–C–C–N with tert-alkyl or cyclic N) is 1. The van der Waals surface area contributed by atoms with Gasteiger partial charge in [-0.05, 0) is 18.1 Å². The third kappa shape index (κ3) is 3.27. The lowest BCUT2D eigenvalue weighted by molar-refractivity contribution is -0.133. The first-order valence-corrected chi connectivity index (χ1v) is 8.71. The van der Waals surface area contributed by atoms with Gasteiger partial charge in [0, 0.05) is 24.9 Å². The van der Waals surface area contributed by atoms with Crippen LogP contribution in [0.3, 0.4) is 0 Å². The van der Waals surface area contributed by atoms with Crippen LogP contribution in [0.25, 0.3) is 0 Å². The first kappa shape index (κ1) is 16.9. The molecule has 2 fully saturated rings. The van der Waals surface area contributed by atoms with E-state index in [1.807, 2.05) is 18.2 Å². The zero-order valence-electron chi connectivity index (χ0n) is 14.3. The number of aliphatic hydroxyl groups is 1. The number of carbonyl (C=O) groups excluding carboxylic acids is 1. The Morgan fingerprint density at radius 3 is 2.81 bits per heavy atom. The average Bonchev–Trinajstić information content (AvgIpc) is 3.26. The third-order valence-electron chi connectivity index (χ3n) is 5.11. The lowest BCUT2D eigenvalue weighted by Gasteiger charge is -2.26. The summed E-state index contributed by atoms with van der Waals surface area (Å²) < 4.78 is 11.3. The number of amides is 1. The van der Waals surface area contributed by atoms with Crippen molar-refractivity contribution in [1.29, 1.82) is 0 Å². The molecule has 1 aromatic heterocycles. The number of nitrogens with zero attached hydrogens (tertiary/aromatic N) is 3. The van der Waals surface area contributed by atoms with Crippen LogP contribution in [-0.4, -0.2) is 63.9 Å². The van der Waals surface area contributed by atoms with E-state index in [-0.39, 0.29) is 31.0 Å². The number of benzene rings is 1. The predicted molar refractivity (Wildman–Crippen MR) is 92.6 cm³/mol. The van der Waals surface area contributed by atoms with Gasteiger partial charge < -0.3 is 19.5 Å². The largest absolute Gasteiger partial charge is 0.453 e. The second-order valence-electron chi connectivity index (χ2n) is 6.80. The molecule has 0 saturated carbocycles. The van der Waals surface area contributed by atoms with Gasteiger partial charge in [0.05, 0.1) is 13.2 Å². The molecule has 0 bridgehead atoms. The highest BCUT2D eigenvalue weighted by Crippen LogP contribution is 2.42. The van der Waals surface area contributed by atoms with Crippen LogP contribution in [0.1, 0.15) is 17.9 Å². The topological polar surface area (TPSA) is 84.8 Å². The molecule has 1 amide bonds. The lowest BCUT2D eigenvalue weighted by atomic mass is 9.87. The number of ether oxygens (including phenoxy) is 2. The Kier molecular flexibility index (Phi) is 4.57. The molecule has 1 spiro atoms. The summed E-state index contributed by atoms with van der Waals surface area (Å²) in [5, 5.41) is 10.6. The van der Waals surface area contributed by atoms with Gasteiger partial charge in [-0.25, -0.2) is 9.97 Å². The van der Waals surface area contributed by atoms with Crippen molar-refractivity contribution in [2.24, 2.45) is 0 Å². The summed E-state index contributed by atoms with van der Waals surface area (Å²) in [7, 11) is 0. The molecule has 7 nitrogen and oxygen atoms in total. The molecular formula is C19H21N3O4. The fourth-order valence-electron chi connectivity index (χ4n) is 3.72. The number of hydrogen-bond donors (Lipinski definition) is 1. The van der Waals surface area contributed by atoms with E-state index in [4.69, 9.17) is 9.47 Å². The van der Waals surface area contributed by atoms with Gasteiger partial charge in [-0.15, -0.1) is 0 Å². The monoisotopic (exact) mass is 355 g/mol. The second-order valence-corrected chi connectivity index (χ2v) is 6.80. The number of carbonyl (C=O) groups is 1. The summed E-state index contributed by atoms with van der Waals surface area (Å²) in [5.74, 6) is 0.0232. The summed E-state index contributed by atoms with van der Waals surface area (Å²) in [6.07, 6.45) is 3.10. The molecule has 2 saturated heterocycles. The predicted octanol–water partition coefficient (Wildman–Crippen LogP) is 1.00. The van der Waals surface area contributed by atoms with Gasteiger partial charge in [0.25, 0.3) is 5.91 Å². The maximum absolute atomic E-state index is 12.4. The van der Waals surface area contributed by atoms with Crippen LogP contribution >= 0.6 is 0 Å². The molecule has 1 aromatic carbocycles. The lowest BCUT2D eigenvalue weighted by Crippen LogP contribution is -2.41. The van der Waals surface area contributed by atoms with Crippen LogP contribution in [-0.2, 0) is 9.53 Å². The molecule has 2 aliphatic heterocycles. The van der Waals surface area contributed by atoms with Crippen LogP contribution in [0.15, 0.2) is 48.8 Å². The van der Waals surface area contributed by atoms with Gasteiger partial charge in [0.15, 0.2) is 6.61 Å². The molecule has 2 aliphatic rings. The molecule has 0 radical (unpaired) electrons. The normalized spacial score (nSPS) is 27.8. The van der Waals surface area contributed by atoms with Crippen LogP contribution in [0.5, 0.6) is 6.01 Å². The van der Waals surface area contributed by atoms with E-state index in [1.54, 1.807) is 23.4 Å². The molecule has 3 atom stereocenters. The summed E-state index contributed by atoms with van der Waals surface area (Å²) in [6.45, 7) is 1.01. The van der Waals surface area contributed by atoms with Crippen LogP contribution < -0.4 is 4.74 Å². The Bertz CT molecular complexity index is 758. The van der Waals surface area contributed by atoms with Crippen molar-refractivity contribution >= 4 is 5.91 Å². The smallest absolute Gasteiger partial charge is 0.316 e. The minimum atomic E-state index is -0.701. The number of aliphatic hydroxyl groups excluding tert-OH is 1. The van der Waals surface area contributed by atoms with E-state index in [1.165, 1.54) is 5.56 Å². The Morgan fingerprint density at radius 2 is 2.04 bits per heavy atom. The summed E-state index contributed by atoms with van der Waals surface area (Å²) >= 11 is 0. The average molecular weight is 355 g/mol. The third-order valence-corrected chi connectivity index (χ3v) is 5.11. The number of likely N-dealkylation sites (tertiary alicyclic amines) is 1. The minimum Gasteiger partial charge on any atom is -0.453 e. The Hall–Kier alpha value is -2.51. The van der Waals surface area contributed by atoms with Crippen LogP contribution in [0.2, 0.25) is 0 Å².